The molecule has 6 nitrogen and oxygen atoms in total. The zero-order valence-electron chi connectivity index (χ0n) is 10.9. The van der Waals surface area contributed by atoms with Gasteiger partial charge in [-0.2, -0.15) is 0 Å². The summed E-state index contributed by atoms with van der Waals surface area (Å²) < 4.78 is 0. The van der Waals surface area contributed by atoms with E-state index >= 15 is 0 Å². The van der Waals surface area contributed by atoms with Crippen LogP contribution in [0.4, 0.5) is 0 Å². The van der Waals surface area contributed by atoms with Crippen LogP contribution in [0.2, 0.25) is 0 Å². The predicted octanol–water partition coefficient (Wildman–Crippen LogP) is 1.26. The first-order chi connectivity index (χ1) is 8.93. The van der Waals surface area contributed by atoms with Gasteiger partial charge in [-0.15, -0.1) is 5.10 Å². The number of amidine groups is 1. The molecule has 7 heteroatoms. The number of hydrogen-bond donors (Lipinski definition) is 1. The fourth-order valence-corrected chi connectivity index (χ4v) is 3.02. The van der Waals surface area contributed by atoms with Gasteiger partial charge in [0.15, 0.2) is 5.17 Å². The first kappa shape index (κ1) is 13.5. The molecule has 0 spiro atoms. The monoisotopic (exact) mass is 278 g/mol. The van der Waals surface area contributed by atoms with Crippen LogP contribution < -0.4 is 5.32 Å². The van der Waals surface area contributed by atoms with E-state index in [9.17, 15) is 9.59 Å². The van der Waals surface area contributed by atoms with Crippen molar-refractivity contribution in [1.82, 2.24) is 15.3 Å². The topological polar surface area (TPSA) is 74.7 Å². The summed E-state index contributed by atoms with van der Waals surface area (Å²) in [5.41, 5.74) is 0.847. The SMILES string of the molecule is CC(=O)NC1=NN(C(C)=O)[C@](C)(c2cccnc2)S1. The molecule has 1 aromatic rings. The van der Waals surface area contributed by atoms with Crippen molar-refractivity contribution in [3.05, 3.63) is 30.1 Å². The molecule has 0 fully saturated rings. The lowest BCUT2D eigenvalue weighted by molar-refractivity contribution is -0.131. The van der Waals surface area contributed by atoms with E-state index in [1.807, 2.05) is 13.0 Å². The first-order valence-electron chi connectivity index (χ1n) is 5.70. The van der Waals surface area contributed by atoms with Crippen LogP contribution in [0.5, 0.6) is 0 Å². The summed E-state index contributed by atoms with van der Waals surface area (Å²) in [4.78, 5) is 26.2. The van der Waals surface area contributed by atoms with Gasteiger partial charge in [-0.25, -0.2) is 5.01 Å². The second-order valence-corrected chi connectivity index (χ2v) is 5.63. The van der Waals surface area contributed by atoms with Crippen LogP contribution in [0.1, 0.15) is 26.3 Å². The Morgan fingerprint density at radius 1 is 1.42 bits per heavy atom. The number of carbonyl (C=O) groups is 2. The van der Waals surface area contributed by atoms with Crippen molar-refractivity contribution in [2.24, 2.45) is 5.10 Å². The van der Waals surface area contributed by atoms with Crippen molar-refractivity contribution in [2.45, 2.75) is 25.6 Å². The molecule has 2 amide bonds. The fraction of sp³-hybridized carbons (Fsp3) is 0.333. The quantitative estimate of drug-likeness (QED) is 0.839. The van der Waals surface area contributed by atoms with Gasteiger partial charge >= 0.3 is 0 Å². The van der Waals surface area contributed by atoms with Crippen LogP contribution in [-0.4, -0.2) is 27.0 Å². The molecule has 0 radical (unpaired) electrons. The van der Waals surface area contributed by atoms with Crippen molar-refractivity contribution in [3.8, 4) is 0 Å². The Hall–Kier alpha value is -1.89. The van der Waals surface area contributed by atoms with Gasteiger partial charge in [0, 0.05) is 31.8 Å². The Labute approximate surface area is 115 Å². The third kappa shape index (κ3) is 2.60. The highest BCUT2D eigenvalue weighted by Crippen LogP contribution is 2.44. The van der Waals surface area contributed by atoms with Gasteiger partial charge in [-0.05, 0) is 13.0 Å². The summed E-state index contributed by atoms with van der Waals surface area (Å²) in [6, 6.07) is 3.68. The lowest BCUT2D eigenvalue weighted by Gasteiger charge is -2.30. The highest BCUT2D eigenvalue weighted by molar-refractivity contribution is 8.14. The number of rotatable bonds is 1. The molecule has 0 unspecified atom stereocenters. The van der Waals surface area contributed by atoms with Crippen LogP contribution >= 0.6 is 11.8 Å². The van der Waals surface area contributed by atoms with E-state index in [1.54, 1.807) is 18.5 Å². The van der Waals surface area contributed by atoms with Crippen molar-refractivity contribution in [2.75, 3.05) is 0 Å². The zero-order chi connectivity index (χ0) is 14.0. The standard InChI is InChI=1S/C12H14N4O2S/c1-8(17)14-11-15-16(9(2)18)12(3,19-11)10-5-4-6-13-7-10/h4-7H,1-3H3,(H,14,15,17)/t12-/m0/s1. The van der Waals surface area contributed by atoms with Crippen molar-refractivity contribution >= 4 is 28.7 Å². The highest BCUT2D eigenvalue weighted by atomic mass is 32.2. The van der Waals surface area contributed by atoms with E-state index in [0.717, 1.165) is 5.56 Å². The molecule has 1 aliphatic rings. The minimum absolute atomic E-state index is 0.195. The van der Waals surface area contributed by atoms with Gasteiger partial charge in [0.1, 0.15) is 4.87 Å². The van der Waals surface area contributed by atoms with Crippen LogP contribution in [0, 0.1) is 0 Å². The smallest absolute Gasteiger partial charge is 0.241 e. The number of aromatic nitrogens is 1. The molecule has 0 saturated heterocycles. The molecule has 1 N–H and O–H groups in total. The highest BCUT2D eigenvalue weighted by Gasteiger charge is 2.44. The van der Waals surface area contributed by atoms with Gasteiger partial charge in [-0.1, -0.05) is 17.8 Å². The molecule has 0 saturated carbocycles. The van der Waals surface area contributed by atoms with E-state index in [2.05, 4.69) is 15.4 Å². The van der Waals surface area contributed by atoms with E-state index in [1.165, 1.54) is 30.6 Å². The molecular formula is C12H14N4O2S. The average Bonchev–Trinajstić information content (AvgIpc) is 2.68. The van der Waals surface area contributed by atoms with Crippen LogP contribution in [0.15, 0.2) is 29.6 Å². The van der Waals surface area contributed by atoms with E-state index in [-0.39, 0.29) is 11.8 Å². The van der Waals surface area contributed by atoms with E-state index in [0.29, 0.717) is 5.17 Å². The van der Waals surface area contributed by atoms with Crippen molar-refractivity contribution in [3.63, 3.8) is 0 Å². The van der Waals surface area contributed by atoms with Gasteiger partial charge < -0.3 is 5.32 Å². The summed E-state index contributed by atoms with van der Waals surface area (Å²) in [5.74, 6) is -0.413. The molecule has 19 heavy (non-hydrogen) atoms. The van der Waals surface area contributed by atoms with Crippen LogP contribution in [-0.2, 0) is 14.5 Å². The van der Waals surface area contributed by atoms with Crippen LogP contribution in [0.3, 0.4) is 0 Å². The third-order valence-corrected chi connectivity index (χ3v) is 3.85. The maximum atomic E-state index is 11.7. The molecule has 0 aliphatic carbocycles. The van der Waals surface area contributed by atoms with Crippen molar-refractivity contribution < 1.29 is 9.59 Å². The zero-order valence-corrected chi connectivity index (χ0v) is 11.7. The molecule has 0 aromatic carbocycles. The number of nitrogens with one attached hydrogen (secondary N) is 1. The largest absolute Gasteiger partial charge is 0.304 e. The Morgan fingerprint density at radius 2 is 2.16 bits per heavy atom. The van der Waals surface area contributed by atoms with Gasteiger partial charge in [0.05, 0.1) is 0 Å². The van der Waals surface area contributed by atoms with E-state index in [4.69, 9.17) is 0 Å². The number of thioether (sulfide) groups is 1. The number of hydrazone groups is 1. The van der Waals surface area contributed by atoms with Gasteiger partial charge in [0.25, 0.3) is 0 Å². The van der Waals surface area contributed by atoms with Crippen molar-refractivity contribution in [1.29, 1.82) is 0 Å². The Bertz CT molecular complexity index is 546. The molecule has 0 bridgehead atoms. The normalized spacial score (nSPS) is 22.1. The number of amides is 2. The minimum Gasteiger partial charge on any atom is -0.304 e. The second kappa shape index (κ2) is 5.00. The molecule has 1 aromatic heterocycles. The lowest BCUT2D eigenvalue weighted by atomic mass is 10.1. The average molecular weight is 278 g/mol. The molecular weight excluding hydrogens is 264 g/mol. The Balaban J connectivity index is 2.36. The molecule has 100 valence electrons. The minimum atomic E-state index is -0.697. The van der Waals surface area contributed by atoms with Crippen LogP contribution in [0.25, 0.3) is 0 Å². The fourth-order valence-electron chi connectivity index (χ4n) is 1.83. The summed E-state index contributed by atoms with van der Waals surface area (Å²) >= 11 is 1.31. The molecule has 2 heterocycles. The van der Waals surface area contributed by atoms with Gasteiger partial charge in [0.2, 0.25) is 11.8 Å². The summed E-state index contributed by atoms with van der Waals surface area (Å²) in [5, 5.41) is 8.54. The Morgan fingerprint density at radius 3 is 2.68 bits per heavy atom. The second-order valence-electron chi connectivity index (χ2n) is 4.24. The number of carbonyl (C=O) groups excluding carboxylic acids is 2. The Kier molecular flexibility index (Phi) is 3.57. The number of pyridine rings is 1. The predicted molar refractivity (Wildman–Crippen MR) is 73.0 cm³/mol. The lowest BCUT2D eigenvalue weighted by Crippen LogP contribution is -2.37. The maximum absolute atomic E-state index is 11.7. The summed E-state index contributed by atoms with van der Waals surface area (Å²) in [6.07, 6.45) is 3.36. The molecule has 2 rings (SSSR count). The third-order valence-electron chi connectivity index (χ3n) is 2.67. The summed E-state index contributed by atoms with van der Waals surface area (Å²) in [7, 11) is 0. The van der Waals surface area contributed by atoms with E-state index < -0.39 is 4.87 Å². The maximum Gasteiger partial charge on any atom is 0.241 e. The summed E-state index contributed by atoms with van der Waals surface area (Å²) in [6.45, 7) is 4.71. The molecule has 1 atom stereocenters. The van der Waals surface area contributed by atoms with Gasteiger partial charge in [-0.3, -0.25) is 14.6 Å². The number of nitrogens with zero attached hydrogens (tertiary/aromatic N) is 3. The molecule has 1 aliphatic heterocycles. The number of hydrogen-bond acceptors (Lipinski definition) is 5. The first-order valence-corrected chi connectivity index (χ1v) is 6.51.